The van der Waals surface area contributed by atoms with Crippen LogP contribution >= 0.6 is 0 Å². The van der Waals surface area contributed by atoms with Crippen LogP contribution in [0.15, 0.2) is 55.1 Å². The van der Waals surface area contributed by atoms with E-state index in [1.54, 1.807) is 6.20 Å². The van der Waals surface area contributed by atoms with Gasteiger partial charge in [-0.05, 0) is 19.1 Å². The maximum Gasteiger partial charge on any atom is 0.149 e. The average Bonchev–Trinajstić information content (AvgIpc) is 3.43. The molecule has 1 saturated heterocycles. The van der Waals surface area contributed by atoms with Crippen molar-refractivity contribution < 1.29 is 4.74 Å². The smallest absolute Gasteiger partial charge is 0.149 e. The second kappa shape index (κ2) is 7.89. The SMILES string of the molecule is CC(N)Cn1cc(-c2nc(-c3ccc(N4CCOCC4)cc3)cc3nccn23)cn1. The number of hydrogen-bond acceptors (Lipinski definition) is 6. The molecular formula is C22H25N7O. The highest BCUT2D eigenvalue weighted by Gasteiger charge is 2.14. The van der Waals surface area contributed by atoms with Crippen LogP contribution in [-0.2, 0) is 11.3 Å². The molecular weight excluding hydrogens is 378 g/mol. The first-order chi connectivity index (χ1) is 14.7. The summed E-state index contributed by atoms with van der Waals surface area (Å²) in [6, 6.07) is 10.6. The van der Waals surface area contributed by atoms with E-state index in [4.69, 9.17) is 15.5 Å². The number of rotatable bonds is 5. The largest absolute Gasteiger partial charge is 0.378 e. The third-order valence-electron chi connectivity index (χ3n) is 5.30. The van der Waals surface area contributed by atoms with E-state index in [1.165, 1.54) is 5.69 Å². The number of aromatic nitrogens is 5. The van der Waals surface area contributed by atoms with Gasteiger partial charge >= 0.3 is 0 Å². The summed E-state index contributed by atoms with van der Waals surface area (Å²) in [6.45, 7) is 6.03. The molecule has 1 fully saturated rings. The van der Waals surface area contributed by atoms with Crippen molar-refractivity contribution in [1.82, 2.24) is 24.1 Å². The zero-order valence-corrected chi connectivity index (χ0v) is 17.0. The van der Waals surface area contributed by atoms with Crippen molar-refractivity contribution in [1.29, 1.82) is 0 Å². The molecule has 0 amide bonds. The van der Waals surface area contributed by atoms with E-state index < -0.39 is 0 Å². The van der Waals surface area contributed by atoms with Gasteiger partial charge in [-0.25, -0.2) is 9.97 Å². The number of morpholine rings is 1. The van der Waals surface area contributed by atoms with Crippen molar-refractivity contribution in [2.45, 2.75) is 19.5 Å². The van der Waals surface area contributed by atoms with E-state index >= 15 is 0 Å². The molecule has 0 radical (unpaired) electrons. The van der Waals surface area contributed by atoms with Crippen LogP contribution in [0, 0.1) is 0 Å². The van der Waals surface area contributed by atoms with Crippen LogP contribution in [0.25, 0.3) is 28.3 Å². The minimum absolute atomic E-state index is 0.0373. The lowest BCUT2D eigenvalue weighted by molar-refractivity contribution is 0.122. The Labute approximate surface area is 174 Å². The highest BCUT2D eigenvalue weighted by molar-refractivity contribution is 5.70. The molecule has 3 aromatic heterocycles. The molecule has 1 aromatic carbocycles. The molecule has 1 aliphatic rings. The van der Waals surface area contributed by atoms with Crippen molar-refractivity contribution in [2.24, 2.45) is 5.73 Å². The molecule has 0 saturated carbocycles. The Morgan fingerprint density at radius 3 is 2.70 bits per heavy atom. The molecule has 0 aliphatic carbocycles. The number of anilines is 1. The minimum atomic E-state index is 0.0373. The standard InChI is InChI=1S/C22H25N7O/c1-16(23)14-28-15-18(13-25-28)22-26-20(12-21-24-6-7-29(21)22)17-2-4-19(5-3-17)27-8-10-30-11-9-27/h2-7,12-13,15-16H,8-11,14,23H2,1H3. The topological polar surface area (TPSA) is 86.5 Å². The van der Waals surface area contributed by atoms with Gasteiger partial charge in [0.05, 0.1) is 37.2 Å². The van der Waals surface area contributed by atoms with Crippen LogP contribution in [0.4, 0.5) is 5.69 Å². The lowest BCUT2D eigenvalue weighted by Crippen LogP contribution is -2.36. The van der Waals surface area contributed by atoms with Gasteiger partial charge in [-0.15, -0.1) is 0 Å². The average molecular weight is 403 g/mol. The fraction of sp³-hybridized carbons (Fsp3) is 0.318. The predicted octanol–water partition coefficient (Wildman–Crippen LogP) is 2.44. The lowest BCUT2D eigenvalue weighted by Gasteiger charge is -2.28. The summed E-state index contributed by atoms with van der Waals surface area (Å²) < 4.78 is 9.29. The lowest BCUT2D eigenvalue weighted by atomic mass is 10.1. The Bertz CT molecular complexity index is 1140. The number of benzene rings is 1. The van der Waals surface area contributed by atoms with Gasteiger partial charge in [0.25, 0.3) is 0 Å². The van der Waals surface area contributed by atoms with Gasteiger partial charge < -0.3 is 15.4 Å². The number of imidazole rings is 1. The summed E-state index contributed by atoms with van der Waals surface area (Å²) in [5.41, 5.74) is 10.9. The van der Waals surface area contributed by atoms with Crippen molar-refractivity contribution in [3.63, 3.8) is 0 Å². The van der Waals surface area contributed by atoms with Gasteiger partial charge in [0, 0.05) is 55.0 Å². The first-order valence-electron chi connectivity index (χ1n) is 10.2. The molecule has 4 heterocycles. The minimum Gasteiger partial charge on any atom is -0.378 e. The molecule has 154 valence electrons. The zero-order chi connectivity index (χ0) is 20.5. The normalized spacial score (nSPS) is 15.6. The van der Waals surface area contributed by atoms with Gasteiger partial charge in [0.2, 0.25) is 0 Å². The van der Waals surface area contributed by atoms with Gasteiger partial charge in [0.15, 0.2) is 0 Å². The van der Waals surface area contributed by atoms with E-state index in [0.717, 1.165) is 54.6 Å². The van der Waals surface area contributed by atoms with Crippen LogP contribution in [0.3, 0.4) is 0 Å². The molecule has 4 aromatic rings. The second-order valence-corrected chi connectivity index (χ2v) is 7.70. The maximum atomic E-state index is 5.91. The molecule has 30 heavy (non-hydrogen) atoms. The monoisotopic (exact) mass is 403 g/mol. The second-order valence-electron chi connectivity index (χ2n) is 7.70. The van der Waals surface area contributed by atoms with Gasteiger partial charge in [-0.1, -0.05) is 12.1 Å². The van der Waals surface area contributed by atoms with Crippen molar-refractivity contribution in [3.8, 4) is 22.6 Å². The highest BCUT2D eigenvalue weighted by Crippen LogP contribution is 2.27. The Hall–Kier alpha value is -3.23. The molecule has 1 unspecified atom stereocenters. The number of ether oxygens (including phenoxy) is 1. The van der Waals surface area contributed by atoms with Crippen LogP contribution in [0.5, 0.6) is 0 Å². The molecule has 5 rings (SSSR count). The molecule has 0 spiro atoms. The summed E-state index contributed by atoms with van der Waals surface area (Å²) in [7, 11) is 0. The predicted molar refractivity (Wildman–Crippen MR) is 116 cm³/mol. The first-order valence-corrected chi connectivity index (χ1v) is 10.2. The third kappa shape index (κ3) is 3.67. The molecule has 8 nitrogen and oxygen atoms in total. The van der Waals surface area contributed by atoms with Gasteiger partial charge in [-0.2, -0.15) is 5.10 Å². The number of nitrogens with zero attached hydrogens (tertiary/aromatic N) is 6. The Morgan fingerprint density at radius 2 is 1.93 bits per heavy atom. The molecule has 0 bridgehead atoms. The Balaban J connectivity index is 1.50. The van der Waals surface area contributed by atoms with Gasteiger partial charge in [0.1, 0.15) is 11.5 Å². The molecule has 8 heteroatoms. The van der Waals surface area contributed by atoms with Gasteiger partial charge in [-0.3, -0.25) is 9.08 Å². The number of hydrogen-bond donors (Lipinski definition) is 1. The van der Waals surface area contributed by atoms with Crippen molar-refractivity contribution >= 4 is 11.3 Å². The zero-order valence-electron chi connectivity index (χ0n) is 17.0. The Kier molecular flexibility index (Phi) is 4.94. The summed E-state index contributed by atoms with van der Waals surface area (Å²) >= 11 is 0. The van der Waals surface area contributed by atoms with Crippen LogP contribution in [0.2, 0.25) is 0 Å². The van der Waals surface area contributed by atoms with Crippen LogP contribution in [0.1, 0.15) is 6.92 Å². The number of nitrogens with two attached hydrogens (primary N) is 1. The van der Waals surface area contributed by atoms with Crippen LogP contribution < -0.4 is 10.6 Å². The Morgan fingerprint density at radius 1 is 1.13 bits per heavy atom. The molecule has 1 atom stereocenters. The fourth-order valence-electron chi connectivity index (χ4n) is 3.81. The summed E-state index contributed by atoms with van der Waals surface area (Å²) in [4.78, 5) is 11.8. The fourth-order valence-corrected chi connectivity index (χ4v) is 3.81. The van der Waals surface area contributed by atoms with E-state index in [1.807, 2.05) is 40.7 Å². The summed E-state index contributed by atoms with van der Waals surface area (Å²) in [5.74, 6) is 0.813. The summed E-state index contributed by atoms with van der Waals surface area (Å²) in [6.07, 6.45) is 7.52. The molecule has 1 aliphatic heterocycles. The van der Waals surface area contributed by atoms with E-state index in [0.29, 0.717) is 6.54 Å². The van der Waals surface area contributed by atoms with E-state index in [-0.39, 0.29) is 6.04 Å². The summed E-state index contributed by atoms with van der Waals surface area (Å²) in [5, 5.41) is 4.44. The highest BCUT2D eigenvalue weighted by atomic mass is 16.5. The van der Waals surface area contributed by atoms with Crippen molar-refractivity contribution in [2.75, 3.05) is 31.2 Å². The van der Waals surface area contributed by atoms with E-state index in [9.17, 15) is 0 Å². The molecule has 2 N–H and O–H groups in total. The maximum absolute atomic E-state index is 5.91. The number of fused-ring (bicyclic) bond motifs is 1. The van der Waals surface area contributed by atoms with Crippen LogP contribution in [-0.4, -0.2) is 56.5 Å². The third-order valence-corrected chi connectivity index (χ3v) is 5.30. The quantitative estimate of drug-likeness (QED) is 0.551. The first kappa shape index (κ1) is 18.8. The van der Waals surface area contributed by atoms with E-state index in [2.05, 4.69) is 39.2 Å². The van der Waals surface area contributed by atoms with Crippen molar-refractivity contribution in [3.05, 3.63) is 55.1 Å².